The van der Waals surface area contributed by atoms with Crippen LogP contribution in [0, 0.1) is 0 Å². The highest BCUT2D eigenvalue weighted by Crippen LogP contribution is 1.95. The van der Waals surface area contributed by atoms with Crippen molar-refractivity contribution >= 4 is 11.8 Å². The molecule has 0 fully saturated rings. The van der Waals surface area contributed by atoms with Gasteiger partial charge in [0, 0.05) is 20.1 Å². The van der Waals surface area contributed by atoms with Crippen LogP contribution in [0.2, 0.25) is 0 Å². The van der Waals surface area contributed by atoms with Crippen LogP contribution < -0.4 is 5.32 Å². The summed E-state index contributed by atoms with van der Waals surface area (Å²) < 4.78 is 0. The number of unbranched alkanes of at least 4 members (excludes halogenated alkanes) is 1. The van der Waals surface area contributed by atoms with E-state index in [1.807, 2.05) is 6.92 Å². The maximum absolute atomic E-state index is 11.5. The monoisotopic (exact) mass is 214 g/mol. The molecule has 0 aromatic rings. The maximum Gasteiger partial charge on any atom is 0.231 e. The lowest BCUT2D eigenvalue weighted by molar-refractivity contribution is -0.135. The van der Waals surface area contributed by atoms with Gasteiger partial charge >= 0.3 is 0 Å². The number of rotatable bonds is 7. The molecule has 0 rings (SSSR count). The minimum atomic E-state index is -0.176. The molecule has 1 N–H and O–H groups in total. The van der Waals surface area contributed by atoms with E-state index in [-0.39, 0.29) is 18.2 Å². The van der Waals surface area contributed by atoms with Gasteiger partial charge in [0.15, 0.2) is 0 Å². The molecule has 88 valence electrons. The van der Waals surface area contributed by atoms with Crippen molar-refractivity contribution in [2.45, 2.75) is 39.5 Å². The van der Waals surface area contributed by atoms with E-state index in [4.69, 9.17) is 0 Å². The molecule has 4 heteroatoms. The predicted molar refractivity (Wildman–Crippen MR) is 60.5 cm³/mol. The van der Waals surface area contributed by atoms with E-state index >= 15 is 0 Å². The third-order valence-corrected chi connectivity index (χ3v) is 2.16. The first-order valence-corrected chi connectivity index (χ1v) is 5.62. The number of nitrogens with one attached hydrogen (secondary N) is 1. The summed E-state index contributed by atoms with van der Waals surface area (Å²) in [6.07, 6.45) is 2.91. The zero-order valence-corrected chi connectivity index (χ0v) is 10.0. The van der Waals surface area contributed by atoms with Crippen molar-refractivity contribution < 1.29 is 9.59 Å². The maximum atomic E-state index is 11.5. The summed E-state index contributed by atoms with van der Waals surface area (Å²) in [6.45, 7) is 5.43. The number of hydrogen-bond donors (Lipinski definition) is 1. The van der Waals surface area contributed by atoms with Gasteiger partial charge in [-0.05, 0) is 12.8 Å². The molecule has 4 nitrogen and oxygen atoms in total. The van der Waals surface area contributed by atoms with Crippen molar-refractivity contribution in [3.05, 3.63) is 0 Å². The van der Waals surface area contributed by atoms with E-state index in [0.29, 0.717) is 6.54 Å². The second kappa shape index (κ2) is 8.26. The van der Waals surface area contributed by atoms with Gasteiger partial charge in [0.25, 0.3) is 0 Å². The largest absolute Gasteiger partial charge is 0.356 e. The summed E-state index contributed by atoms with van der Waals surface area (Å²) in [5.74, 6) is -0.276. The third-order valence-electron chi connectivity index (χ3n) is 2.16. The summed E-state index contributed by atoms with van der Waals surface area (Å²) in [5, 5.41) is 2.69. The number of amides is 2. The Balaban J connectivity index is 3.75. The van der Waals surface area contributed by atoms with E-state index in [2.05, 4.69) is 12.2 Å². The fourth-order valence-corrected chi connectivity index (χ4v) is 1.12. The van der Waals surface area contributed by atoms with Crippen molar-refractivity contribution in [2.75, 3.05) is 20.1 Å². The molecule has 0 aromatic carbocycles. The van der Waals surface area contributed by atoms with Gasteiger partial charge in [-0.2, -0.15) is 0 Å². The first-order valence-electron chi connectivity index (χ1n) is 5.62. The Morgan fingerprint density at radius 2 is 1.87 bits per heavy atom. The Labute approximate surface area is 92.0 Å². The van der Waals surface area contributed by atoms with Crippen LogP contribution in [0.15, 0.2) is 0 Å². The zero-order chi connectivity index (χ0) is 11.7. The molecule has 0 radical (unpaired) electrons. The minimum absolute atomic E-state index is 0.0276. The molecule has 0 atom stereocenters. The van der Waals surface area contributed by atoms with Gasteiger partial charge < -0.3 is 10.2 Å². The van der Waals surface area contributed by atoms with Crippen LogP contribution in [0.1, 0.15) is 39.5 Å². The zero-order valence-electron chi connectivity index (χ0n) is 10.0. The Hall–Kier alpha value is -1.06. The fraction of sp³-hybridized carbons (Fsp3) is 0.818. The molecule has 0 spiro atoms. The van der Waals surface area contributed by atoms with Gasteiger partial charge in [0.1, 0.15) is 6.42 Å². The Morgan fingerprint density at radius 3 is 2.40 bits per heavy atom. The van der Waals surface area contributed by atoms with Crippen LogP contribution in [0.5, 0.6) is 0 Å². The van der Waals surface area contributed by atoms with E-state index < -0.39 is 0 Å². The minimum Gasteiger partial charge on any atom is -0.356 e. The van der Waals surface area contributed by atoms with Crippen molar-refractivity contribution in [3.63, 3.8) is 0 Å². The second-order valence-electron chi connectivity index (χ2n) is 3.70. The molecule has 0 aliphatic carbocycles. The van der Waals surface area contributed by atoms with Gasteiger partial charge in [-0.3, -0.25) is 9.59 Å². The Kier molecular flexibility index (Phi) is 7.68. The van der Waals surface area contributed by atoms with E-state index in [1.165, 1.54) is 0 Å². The summed E-state index contributed by atoms with van der Waals surface area (Å²) in [4.78, 5) is 24.3. The standard InChI is InChI=1S/C11H22N2O2/c1-4-6-8-13(3)11(15)9-10(14)12-7-5-2/h4-9H2,1-3H3,(H,12,14). The fourth-order valence-electron chi connectivity index (χ4n) is 1.12. The Morgan fingerprint density at radius 1 is 1.20 bits per heavy atom. The SMILES string of the molecule is CCCCN(C)C(=O)CC(=O)NCCC. The molecule has 0 aliphatic heterocycles. The van der Waals surface area contributed by atoms with Gasteiger partial charge in [-0.15, -0.1) is 0 Å². The smallest absolute Gasteiger partial charge is 0.231 e. The molecule has 0 heterocycles. The number of hydrogen-bond acceptors (Lipinski definition) is 2. The van der Waals surface area contributed by atoms with Crippen molar-refractivity contribution in [2.24, 2.45) is 0 Å². The number of nitrogens with zero attached hydrogens (tertiary/aromatic N) is 1. The van der Waals surface area contributed by atoms with Crippen LogP contribution in [-0.4, -0.2) is 36.9 Å². The Bertz CT molecular complexity index is 205. The van der Waals surface area contributed by atoms with Crippen molar-refractivity contribution in [1.29, 1.82) is 0 Å². The van der Waals surface area contributed by atoms with Crippen LogP contribution in [0.4, 0.5) is 0 Å². The highest BCUT2D eigenvalue weighted by molar-refractivity contribution is 5.96. The average molecular weight is 214 g/mol. The predicted octanol–water partition coefficient (Wildman–Crippen LogP) is 1.16. The van der Waals surface area contributed by atoms with Crippen molar-refractivity contribution in [3.8, 4) is 0 Å². The quantitative estimate of drug-likeness (QED) is 0.647. The number of carbonyl (C=O) groups is 2. The normalized spacial score (nSPS) is 9.80. The molecule has 0 aliphatic rings. The molecule has 0 aromatic heterocycles. The lowest BCUT2D eigenvalue weighted by Crippen LogP contribution is -2.34. The summed E-state index contributed by atoms with van der Waals surface area (Å²) in [7, 11) is 1.74. The van der Waals surface area contributed by atoms with Crippen LogP contribution >= 0.6 is 0 Å². The topological polar surface area (TPSA) is 49.4 Å². The highest BCUT2D eigenvalue weighted by atomic mass is 16.2. The lowest BCUT2D eigenvalue weighted by atomic mass is 10.3. The molecule has 0 saturated carbocycles. The first kappa shape index (κ1) is 13.9. The van der Waals surface area contributed by atoms with Gasteiger partial charge in [-0.1, -0.05) is 20.3 Å². The molecular formula is C11H22N2O2. The van der Waals surface area contributed by atoms with Gasteiger partial charge in [0.2, 0.25) is 11.8 Å². The van der Waals surface area contributed by atoms with Crippen LogP contribution in [0.3, 0.4) is 0 Å². The molecule has 0 bridgehead atoms. The molecule has 0 saturated heterocycles. The molecular weight excluding hydrogens is 192 g/mol. The van der Waals surface area contributed by atoms with Gasteiger partial charge in [-0.25, -0.2) is 0 Å². The average Bonchev–Trinajstić information content (AvgIpc) is 2.22. The second-order valence-corrected chi connectivity index (χ2v) is 3.70. The molecule has 2 amide bonds. The summed E-state index contributed by atoms with van der Waals surface area (Å²) in [5.41, 5.74) is 0. The molecule has 0 unspecified atom stereocenters. The van der Waals surface area contributed by atoms with Gasteiger partial charge in [0.05, 0.1) is 0 Å². The van der Waals surface area contributed by atoms with Crippen LogP contribution in [-0.2, 0) is 9.59 Å². The molecule has 15 heavy (non-hydrogen) atoms. The van der Waals surface area contributed by atoms with Crippen LogP contribution in [0.25, 0.3) is 0 Å². The van der Waals surface area contributed by atoms with Crippen molar-refractivity contribution in [1.82, 2.24) is 10.2 Å². The summed E-state index contributed by atoms with van der Waals surface area (Å²) >= 11 is 0. The van der Waals surface area contributed by atoms with E-state index in [0.717, 1.165) is 25.8 Å². The number of carbonyl (C=O) groups excluding carboxylic acids is 2. The first-order chi connectivity index (χ1) is 7.11. The highest BCUT2D eigenvalue weighted by Gasteiger charge is 2.12. The summed E-state index contributed by atoms with van der Waals surface area (Å²) in [6, 6.07) is 0. The third kappa shape index (κ3) is 6.94. The van der Waals surface area contributed by atoms with E-state index in [1.54, 1.807) is 11.9 Å². The lowest BCUT2D eigenvalue weighted by Gasteiger charge is -2.16. The van der Waals surface area contributed by atoms with E-state index in [9.17, 15) is 9.59 Å².